The zero-order valence-corrected chi connectivity index (χ0v) is 7.74. The summed E-state index contributed by atoms with van der Waals surface area (Å²) in [6.07, 6.45) is 3.30. The number of benzene rings is 1. The lowest BCUT2D eigenvalue weighted by Gasteiger charge is -1.95. The number of rotatable bonds is 2. The van der Waals surface area contributed by atoms with Crippen molar-refractivity contribution in [2.24, 2.45) is 0 Å². The average molecular weight is 205 g/mol. The summed E-state index contributed by atoms with van der Waals surface area (Å²) in [5, 5.41) is 0.399. The first-order valence-electron chi connectivity index (χ1n) is 3.41. The minimum absolute atomic E-state index is 0.330. The third-order valence-electron chi connectivity index (χ3n) is 1.35. The second-order valence-corrected chi connectivity index (χ2v) is 2.97. The Morgan fingerprint density at radius 1 is 1.42 bits per heavy atom. The van der Waals surface area contributed by atoms with Crippen molar-refractivity contribution < 1.29 is 4.39 Å². The first-order chi connectivity index (χ1) is 5.74. The summed E-state index contributed by atoms with van der Waals surface area (Å²) < 4.78 is 13.0. The van der Waals surface area contributed by atoms with Crippen LogP contribution in [0.3, 0.4) is 0 Å². The van der Waals surface area contributed by atoms with E-state index in [1.807, 2.05) is 0 Å². The van der Waals surface area contributed by atoms with Gasteiger partial charge in [-0.05, 0) is 12.1 Å². The number of allylic oxidation sites excluding steroid dienone is 1. The third-order valence-corrected chi connectivity index (χ3v) is 1.76. The normalized spacial score (nSPS) is 10.9. The van der Waals surface area contributed by atoms with Crippen LogP contribution in [0.25, 0.3) is 6.08 Å². The van der Waals surface area contributed by atoms with E-state index in [1.54, 1.807) is 24.3 Å². The summed E-state index contributed by atoms with van der Waals surface area (Å²) >= 11 is 11.0. The maximum absolute atomic E-state index is 13.0. The Balaban J connectivity index is 2.94. The summed E-state index contributed by atoms with van der Waals surface area (Å²) in [7, 11) is 0. The standard InChI is InChI=1S/C9H7Cl2F/c10-5-1-2-7-3-4-8(11)6-9(7)12/h1-4,6H,5H2. The van der Waals surface area contributed by atoms with Gasteiger partial charge >= 0.3 is 0 Å². The van der Waals surface area contributed by atoms with Crippen molar-refractivity contribution in [1.29, 1.82) is 0 Å². The second kappa shape index (κ2) is 4.48. The lowest BCUT2D eigenvalue weighted by Crippen LogP contribution is -1.80. The van der Waals surface area contributed by atoms with Crippen LogP contribution in [-0.2, 0) is 0 Å². The van der Waals surface area contributed by atoms with Crippen LogP contribution in [-0.4, -0.2) is 5.88 Å². The van der Waals surface area contributed by atoms with E-state index in [9.17, 15) is 4.39 Å². The van der Waals surface area contributed by atoms with Crippen LogP contribution in [0, 0.1) is 5.82 Å². The number of hydrogen-bond acceptors (Lipinski definition) is 0. The van der Waals surface area contributed by atoms with Crippen molar-refractivity contribution in [2.45, 2.75) is 0 Å². The van der Waals surface area contributed by atoms with Crippen molar-refractivity contribution in [2.75, 3.05) is 5.88 Å². The molecule has 3 heteroatoms. The van der Waals surface area contributed by atoms with E-state index < -0.39 is 0 Å². The van der Waals surface area contributed by atoms with Crippen LogP contribution in [0.15, 0.2) is 24.3 Å². The highest BCUT2D eigenvalue weighted by atomic mass is 35.5. The van der Waals surface area contributed by atoms with Gasteiger partial charge in [-0.1, -0.05) is 29.8 Å². The molecule has 0 atom stereocenters. The Labute approximate surface area is 80.6 Å². The second-order valence-electron chi connectivity index (χ2n) is 2.22. The fourth-order valence-electron chi connectivity index (χ4n) is 0.808. The largest absolute Gasteiger partial charge is 0.206 e. The van der Waals surface area contributed by atoms with E-state index in [0.29, 0.717) is 16.5 Å². The fourth-order valence-corrected chi connectivity index (χ4v) is 1.06. The average Bonchev–Trinajstić information content (AvgIpc) is 2.03. The molecule has 0 saturated carbocycles. The van der Waals surface area contributed by atoms with Crippen molar-refractivity contribution in [1.82, 2.24) is 0 Å². The molecule has 0 aliphatic carbocycles. The zero-order valence-electron chi connectivity index (χ0n) is 6.23. The van der Waals surface area contributed by atoms with Gasteiger partial charge in [0.25, 0.3) is 0 Å². The molecule has 0 amide bonds. The Kier molecular flexibility index (Phi) is 3.57. The first kappa shape index (κ1) is 9.56. The van der Waals surface area contributed by atoms with Gasteiger partial charge in [0, 0.05) is 16.5 Å². The van der Waals surface area contributed by atoms with E-state index in [-0.39, 0.29) is 5.82 Å². The molecule has 0 radical (unpaired) electrons. The number of alkyl halides is 1. The highest BCUT2D eigenvalue weighted by Crippen LogP contribution is 2.15. The first-order valence-corrected chi connectivity index (χ1v) is 4.33. The fraction of sp³-hybridized carbons (Fsp3) is 0.111. The molecule has 1 rings (SSSR count). The van der Waals surface area contributed by atoms with Gasteiger partial charge in [0.15, 0.2) is 0 Å². The molecule has 0 saturated heterocycles. The third kappa shape index (κ3) is 2.50. The lowest BCUT2D eigenvalue weighted by atomic mass is 10.2. The quantitative estimate of drug-likeness (QED) is 0.645. The van der Waals surface area contributed by atoms with Crippen LogP contribution in [0.4, 0.5) is 4.39 Å². The van der Waals surface area contributed by atoms with Crippen molar-refractivity contribution in [3.63, 3.8) is 0 Å². The van der Waals surface area contributed by atoms with E-state index in [2.05, 4.69) is 0 Å². The molecule has 0 spiro atoms. The van der Waals surface area contributed by atoms with Crippen LogP contribution in [0.5, 0.6) is 0 Å². The Hall–Kier alpha value is -0.530. The highest BCUT2D eigenvalue weighted by molar-refractivity contribution is 6.30. The topological polar surface area (TPSA) is 0 Å². The minimum atomic E-state index is -0.330. The van der Waals surface area contributed by atoms with Crippen LogP contribution < -0.4 is 0 Å². The Bertz CT molecular complexity index is 295. The van der Waals surface area contributed by atoms with Gasteiger partial charge < -0.3 is 0 Å². The molecule has 0 heterocycles. The van der Waals surface area contributed by atoms with Gasteiger partial charge in [-0.25, -0.2) is 4.39 Å². The molecule has 0 nitrogen and oxygen atoms in total. The molecular weight excluding hydrogens is 198 g/mol. The molecule has 0 unspecified atom stereocenters. The van der Waals surface area contributed by atoms with Crippen LogP contribution in [0.2, 0.25) is 5.02 Å². The van der Waals surface area contributed by atoms with E-state index in [4.69, 9.17) is 23.2 Å². The summed E-state index contributed by atoms with van der Waals surface area (Å²) in [6.45, 7) is 0. The summed E-state index contributed by atoms with van der Waals surface area (Å²) in [6, 6.07) is 4.52. The highest BCUT2D eigenvalue weighted by Gasteiger charge is 1.97. The molecule has 0 aliphatic rings. The van der Waals surface area contributed by atoms with Gasteiger partial charge in [-0.2, -0.15) is 0 Å². The predicted molar refractivity (Wildman–Crippen MR) is 51.2 cm³/mol. The lowest BCUT2D eigenvalue weighted by molar-refractivity contribution is 0.625. The van der Waals surface area contributed by atoms with Crippen molar-refractivity contribution in [3.8, 4) is 0 Å². The maximum Gasteiger partial charge on any atom is 0.131 e. The Morgan fingerprint density at radius 2 is 2.17 bits per heavy atom. The summed E-state index contributed by atoms with van der Waals surface area (Å²) in [5.74, 6) is 0.0473. The molecule has 0 aliphatic heterocycles. The van der Waals surface area contributed by atoms with Gasteiger partial charge in [0.1, 0.15) is 5.82 Å². The number of halogens is 3. The molecule has 0 N–H and O–H groups in total. The van der Waals surface area contributed by atoms with E-state index in [0.717, 1.165) is 0 Å². The van der Waals surface area contributed by atoms with Gasteiger partial charge in [-0.15, -0.1) is 11.6 Å². The molecule has 0 fully saturated rings. The van der Waals surface area contributed by atoms with Crippen molar-refractivity contribution >= 4 is 29.3 Å². The smallest absolute Gasteiger partial charge is 0.131 e. The molecule has 12 heavy (non-hydrogen) atoms. The van der Waals surface area contributed by atoms with E-state index >= 15 is 0 Å². The van der Waals surface area contributed by atoms with Crippen LogP contribution in [0.1, 0.15) is 5.56 Å². The zero-order chi connectivity index (χ0) is 8.97. The molecule has 0 aromatic heterocycles. The molecule has 64 valence electrons. The maximum atomic E-state index is 13.0. The monoisotopic (exact) mass is 204 g/mol. The molecule has 0 bridgehead atoms. The van der Waals surface area contributed by atoms with Gasteiger partial charge in [-0.3, -0.25) is 0 Å². The Morgan fingerprint density at radius 3 is 2.75 bits per heavy atom. The van der Waals surface area contributed by atoms with Gasteiger partial charge in [0.05, 0.1) is 0 Å². The summed E-state index contributed by atoms with van der Waals surface area (Å²) in [4.78, 5) is 0. The summed E-state index contributed by atoms with van der Waals surface area (Å²) in [5.41, 5.74) is 0.500. The van der Waals surface area contributed by atoms with Crippen molar-refractivity contribution in [3.05, 3.63) is 40.7 Å². The van der Waals surface area contributed by atoms with Gasteiger partial charge in [0.2, 0.25) is 0 Å². The van der Waals surface area contributed by atoms with Crippen LogP contribution >= 0.6 is 23.2 Å². The SMILES string of the molecule is Fc1cc(Cl)ccc1C=CCCl. The molecular formula is C9H7Cl2F. The minimum Gasteiger partial charge on any atom is -0.206 e. The predicted octanol–water partition coefficient (Wildman–Crippen LogP) is 3.73. The number of hydrogen-bond donors (Lipinski definition) is 0. The van der Waals surface area contributed by atoms with E-state index in [1.165, 1.54) is 6.07 Å². The molecule has 1 aromatic rings. The molecule has 1 aromatic carbocycles.